The molecule has 3 rings (SSSR count). The molecule has 0 amide bonds. The summed E-state index contributed by atoms with van der Waals surface area (Å²) < 4.78 is 39.0. The van der Waals surface area contributed by atoms with E-state index in [1.54, 1.807) is 19.6 Å². The lowest BCUT2D eigenvalue weighted by atomic mass is 10.1. The third-order valence-corrected chi connectivity index (χ3v) is 5.47. The van der Waals surface area contributed by atoms with E-state index in [4.69, 9.17) is 0 Å². The highest BCUT2D eigenvalue weighted by Crippen LogP contribution is 2.14. The summed E-state index contributed by atoms with van der Waals surface area (Å²) in [4.78, 5) is 8.26. The molecule has 0 atom stereocenters. The lowest BCUT2D eigenvalue weighted by Gasteiger charge is -2.15. The maximum atomic E-state index is 13.7. The minimum absolute atomic E-state index is 0.139. The summed E-state index contributed by atoms with van der Waals surface area (Å²) >= 11 is 0. The van der Waals surface area contributed by atoms with Crippen molar-refractivity contribution >= 4 is 15.8 Å². The predicted octanol–water partition coefficient (Wildman–Crippen LogP) is 2.48. The zero-order valence-corrected chi connectivity index (χ0v) is 18.4. The molecule has 0 saturated heterocycles. The SMILES string of the molecule is CN=C(NCc1cccc(Cn2ccnc2)c1)NCc1cc(F)ccc1CS(C)(=O)=O. The Morgan fingerprint density at radius 1 is 1.10 bits per heavy atom. The monoisotopic (exact) mass is 443 g/mol. The van der Waals surface area contributed by atoms with Gasteiger partial charge in [0, 0.05) is 45.3 Å². The van der Waals surface area contributed by atoms with Crippen LogP contribution in [-0.2, 0) is 35.2 Å². The number of halogens is 1. The van der Waals surface area contributed by atoms with E-state index in [1.165, 1.54) is 18.2 Å². The van der Waals surface area contributed by atoms with Crippen LogP contribution in [-0.4, -0.2) is 37.2 Å². The quantitative estimate of drug-likeness (QED) is 0.413. The Hall–Kier alpha value is -3.20. The van der Waals surface area contributed by atoms with E-state index < -0.39 is 15.7 Å². The number of nitrogens with one attached hydrogen (secondary N) is 2. The molecule has 0 aliphatic heterocycles. The van der Waals surface area contributed by atoms with Gasteiger partial charge < -0.3 is 15.2 Å². The van der Waals surface area contributed by atoms with Crippen LogP contribution in [0.25, 0.3) is 0 Å². The zero-order chi connectivity index (χ0) is 22.3. The molecule has 0 unspecified atom stereocenters. The Morgan fingerprint density at radius 3 is 2.58 bits per heavy atom. The number of rotatable bonds is 8. The van der Waals surface area contributed by atoms with Gasteiger partial charge in [0.05, 0.1) is 12.1 Å². The van der Waals surface area contributed by atoms with E-state index in [9.17, 15) is 12.8 Å². The van der Waals surface area contributed by atoms with Gasteiger partial charge in [-0.1, -0.05) is 30.3 Å². The van der Waals surface area contributed by atoms with Gasteiger partial charge in [-0.25, -0.2) is 17.8 Å². The topological polar surface area (TPSA) is 88.4 Å². The molecule has 0 fully saturated rings. The normalized spacial score (nSPS) is 12.0. The zero-order valence-electron chi connectivity index (χ0n) is 17.5. The van der Waals surface area contributed by atoms with Crippen molar-refractivity contribution in [1.82, 2.24) is 20.2 Å². The number of hydrogen-bond acceptors (Lipinski definition) is 4. The first kappa shape index (κ1) is 22.5. The molecule has 0 spiro atoms. The highest BCUT2D eigenvalue weighted by molar-refractivity contribution is 7.89. The van der Waals surface area contributed by atoms with E-state index in [-0.39, 0.29) is 12.3 Å². The van der Waals surface area contributed by atoms with Crippen LogP contribution in [0.5, 0.6) is 0 Å². The van der Waals surface area contributed by atoms with Gasteiger partial charge in [-0.05, 0) is 34.4 Å². The van der Waals surface area contributed by atoms with Gasteiger partial charge in [0.2, 0.25) is 0 Å². The molecule has 164 valence electrons. The molecule has 0 bridgehead atoms. The number of aromatic nitrogens is 2. The Morgan fingerprint density at radius 2 is 1.87 bits per heavy atom. The van der Waals surface area contributed by atoms with E-state index in [0.29, 0.717) is 23.6 Å². The maximum absolute atomic E-state index is 13.7. The number of guanidine groups is 1. The van der Waals surface area contributed by atoms with Gasteiger partial charge in [-0.2, -0.15) is 0 Å². The highest BCUT2D eigenvalue weighted by atomic mass is 32.2. The van der Waals surface area contributed by atoms with Crippen molar-refractivity contribution in [2.75, 3.05) is 13.3 Å². The van der Waals surface area contributed by atoms with Gasteiger partial charge in [-0.3, -0.25) is 4.99 Å². The Balaban J connectivity index is 1.60. The van der Waals surface area contributed by atoms with E-state index in [2.05, 4.69) is 32.7 Å². The lowest BCUT2D eigenvalue weighted by molar-refractivity contribution is 0.599. The van der Waals surface area contributed by atoms with Crippen LogP contribution in [0.2, 0.25) is 0 Å². The Kier molecular flexibility index (Phi) is 7.41. The van der Waals surface area contributed by atoms with E-state index >= 15 is 0 Å². The smallest absolute Gasteiger partial charge is 0.191 e. The summed E-state index contributed by atoms with van der Waals surface area (Å²) in [6.45, 7) is 1.54. The number of hydrogen-bond donors (Lipinski definition) is 2. The molecule has 31 heavy (non-hydrogen) atoms. The van der Waals surface area contributed by atoms with Crippen molar-refractivity contribution in [2.24, 2.45) is 4.99 Å². The van der Waals surface area contributed by atoms with Crippen LogP contribution in [0.1, 0.15) is 22.3 Å². The van der Waals surface area contributed by atoms with Crippen LogP contribution < -0.4 is 10.6 Å². The van der Waals surface area contributed by atoms with Crippen LogP contribution in [0.15, 0.2) is 66.2 Å². The maximum Gasteiger partial charge on any atom is 0.191 e. The van der Waals surface area contributed by atoms with Crippen molar-refractivity contribution < 1.29 is 12.8 Å². The van der Waals surface area contributed by atoms with Gasteiger partial charge >= 0.3 is 0 Å². The number of sulfone groups is 1. The fourth-order valence-corrected chi connectivity index (χ4v) is 4.04. The van der Waals surface area contributed by atoms with Crippen molar-refractivity contribution in [1.29, 1.82) is 0 Å². The molecule has 2 aromatic carbocycles. The molecule has 0 radical (unpaired) electrons. The molecular formula is C22H26FN5O2S. The van der Waals surface area contributed by atoms with Crippen LogP contribution in [0.3, 0.4) is 0 Å². The van der Waals surface area contributed by atoms with Crippen molar-refractivity contribution in [3.05, 3.63) is 89.3 Å². The molecule has 7 nitrogen and oxygen atoms in total. The van der Waals surface area contributed by atoms with Gasteiger partial charge in [0.25, 0.3) is 0 Å². The van der Waals surface area contributed by atoms with E-state index in [0.717, 1.165) is 23.9 Å². The molecule has 0 saturated carbocycles. The van der Waals surface area contributed by atoms with Crippen LogP contribution in [0, 0.1) is 5.82 Å². The second-order valence-electron chi connectivity index (χ2n) is 7.32. The first-order valence-corrected chi connectivity index (χ1v) is 11.8. The average molecular weight is 444 g/mol. The molecular weight excluding hydrogens is 417 g/mol. The summed E-state index contributed by atoms with van der Waals surface area (Å²) in [5, 5.41) is 6.36. The first-order chi connectivity index (χ1) is 14.8. The second kappa shape index (κ2) is 10.2. The third kappa shape index (κ3) is 7.21. The van der Waals surface area contributed by atoms with Crippen LogP contribution in [0.4, 0.5) is 4.39 Å². The summed E-state index contributed by atoms with van der Waals surface area (Å²) in [6.07, 6.45) is 6.61. The van der Waals surface area contributed by atoms with Crippen LogP contribution >= 0.6 is 0 Å². The van der Waals surface area contributed by atoms with Gasteiger partial charge in [-0.15, -0.1) is 0 Å². The van der Waals surface area contributed by atoms with Gasteiger partial charge in [0.15, 0.2) is 15.8 Å². The Labute approximate surface area is 182 Å². The fraction of sp³-hybridized carbons (Fsp3) is 0.273. The number of imidazole rings is 1. The minimum atomic E-state index is -3.23. The molecule has 9 heteroatoms. The molecule has 2 N–H and O–H groups in total. The molecule has 1 aromatic heterocycles. The van der Waals surface area contributed by atoms with Gasteiger partial charge in [0.1, 0.15) is 5.82 Å². The molecule has 1 heterocycles. The number of nitrogens with zero attached hydrogens (tertiary/aromatic N) is 3. The Bertz CT molecular complexity index is 1140. The summed E-state index contributed by atoms with van der Waals surface area (Å²) in [6, 6.07) is 12.3. The lowest BCUT2D eigenvalue weighted by Crippen LogP contribution is -2.36. The standard InChI is InChI=1S/C22H26FN5O2S/c1-24-22(27-13-20-11-21(23)7-6-19(20)15-31(2,29)30)26-12-17-4-3-5-18(10-17)14-28-9-8-25-16-28/h3-11,16H,12-15H2,1-2H3,(H2,24,26,27). The number of benzene rings is 2. The van der Waals surface area contributed by atoms with Crippen molar-refractivity contribution in [3.8, 4) is 0 Å². The molecule has 3 aromatic rings. The fourth-order valence-electron chi connectivity index (χ4n) is 3.20. The third-order valence-electron chi connectivity index (χ3n) is 4.63. The summed E-state index contributed by atoms with van der Waals surface area (Å²) in [7, 11) is -1.58. The minimum Gasteiger partial charge on any atom is -0.352 e. The predicted molar refractivity (Wildman–Crippen MR) is 120 cm³/mol. The highest BCUT2D eigenvalue weighted by Gasteiger charge is 2.11. The van der Waals surface area contributed by atoms with Crippen molar-refractivity contribution in [3.63, 3.8) is 0 Å². The van der Waals surface area contributed by atoms with E-state index in [1.807, 2.05) is 22.9 Å². The molecule has 0 aliphatic carbocycles. The largest absolute Gasteiger partial charge is 0.352 e. The number of aliphatic imine (C=N–C) groups is 1. The summed E-state index contributed by atoms with van der Waals surface area (Å²) in [5.74, 6) is -0.0127. The average Bonchev–Trinajstić information content (AvgIpc) is 3.22. The first-order valence-electron chi connectivity index (χ1n) is 9.75. The second-order valence-corrected chi connectivity index (χ2v) is 9.46. The molecule has 0 aliphatic rings. The summed E-state index contributed by atoms with van der Waals surface area (Å²) in [5.41, 5.74) is 3.39. The van der Waals surface area contributed by atoms with Crippen molar-refractivity contribution in [2.45, 2.75) is 25.4 Å².